The van der Waals surface area contributed by atoms with Crippen molar-refractivity contribution in [1.29, 1.82) is 0 Å². The Hall–Kier alpha value is -2.52. The summed E-state index contributed by atoms with van der Waals surface area (Å²) in [5.74, 6) is 0.918. The zero-order valence-electron chi connectivity index (χ0n) is 16.0. The van der Waals surface area contributed by atoms with E-state index in [1.54, 1.807) is 0 Å². The fourth-order valence-corrected chi connectivity index (χ4v) is 3.26. The van der Waals surface area contributed by atoms with Crippen molar-refractivity contribution in [2.75, 3.05) is 26.2 Å². The number of likely N-dealkylation sites (N-methyl/N-ethyl adjacent to an activating group) is 1. The van der Waals surface area contributed by atoms with Gasteiger partial charge in [-0.3, -0.25) is 0 Å². The molecule has 0 amide bonds. The Bertz CT molecular complexity index is 819. The predicted octanol–water partition coefficient (Wildman–Crippen LogP) is 5.17. The van der Waals surface area contributed by atoms with E-state index in [0.717, 1.165) is 31.1 Å². The summed E-state index contributed by atoms with van der Waals surface area (Å²) >= 11 is 0. The van der Waals surface area contributed by atoms with Crippen molar-refractivity contribution >= 4 is 0 Å². The highest BCUT2D eigenvalue weighted by atomic mass is 16.5. The third kappa shape index (κ3) is 4.17. The van der Waals surface area contributed by atoms with E-state index in [1.807, 2.05) is 12.1 Å². The van der Waals surface area contributed by atoms with E-state index in [4.69, 9.17) is 4.74 Å². The Morgan fingerprint density at radius 1 is 0.885 bits per heavy atom. The summed E-state index contributed by atoms with van der Waals surface area (Å²) in [6.07, 6.45) is 0. The van der Waals surface area contributed by atoms with Crippen molar-refractivity contribution in [1.82, 2.24) is 9.47 Å². The van der Waals surface area contributed by atoms with Gasteiger partial charge in [-0.2, -0.15) is 0 Å². The molecule has 0 spiro atoms. The molecule has 0 N–H and O–H groups in total. The van der Waals surface area contributed by atoms with Crippen LogP contribution in [-0.2, 0) is 0 Å². The zero-order chi connectivity index (χ0) is 18.4. The molecule has 0 aliphatic carbocycles. The van der Waals surface area contributed by atoms with Crippen LogP contribution >= 0.6 is 0 Å². The molecule has 136 valence electrons. The Morgan fingerprint density at radius 3 is 2.38 bits per heavy atom. The molecule has 2 aromatic carbocycles. The molecule has 0 aliphatic rings. The van der Waals surface area contributed by atoms with Gasteiger partial charge in [0.25, 0.3) is 0 Å². The maximum atomic E-state index is 6.01. The highest BCUT2D eigenvalue weighted by Crippen LogP contribution is 2.28. The number of hydrogen-bond acceptors (Lipinski definition) is 2. The van der Waals surface area contributed by atoms with Crippen molar-refractivity contribution in [2.45, 2.75) is 20.8 Å². The maximum Gasteiger partial charge on any atom is 0.121 e. The second-order valence-electron chi connectivity index (χ2n) is 6.43. The molecule has 1 heterocycles. The fourth-order valence-electron chi connectivity index (χ4n) is 3.26. The minimum atomic E-state index is 0.710. The number of nitrogens with zero attached hydrogens (tertiary/aromatic N) is 2. The third-order valence-electron chi connectivity index (χ3n) is 4.79. The van der Waals surface area contributed by atoms with Crippen LogP contribution in [0, 0.1) is 6.92 Å². The minimum Gasteiger partial charge on any atom is -0.492 e. The molecule has 26 heavy (non-hydrogen) atoms. The molecule has 0 saturated carbocycles. The van der Waals surface area contributed by atoms with Crippen molar-refractivity contribution in [3.8, 4) is 22.7 Å². The molecule has 0 fully saturated rings. The average molecular weight is 348 g/mol. The molecule has 0 bridgehead atoms. The number of rotatable bonds is 8. The summed E-state index contributed by atoms with van der Waals surface area (Å²) in [7, 11) is 0. The summed E-state index contributed by atoms with van der Waals surface area (Å²) < 4.78 is 8.29. The SMILES string of the molecule is CCN(CC)CCOc1cccc(-n2c(C)ccc2-c2ccccc2)c1. The van der Waals surface area contributed by atoms with Gasteiger partial charge in [-0.25, -0.2) is 0 Å². The second kappa shape index (κ2) is 8.72. The first-order valence-electron chi connectivity index (χ1n) is 9.42. The molecular formula is C23H28N2O. The Kier molecular flexibility index (Phi) is 6.13. The smallest absolute Gasteiger partial charge is 0.121 e. The van der Waals surface area contributed by atoms with Gasteiger partial charge in [-0.1, -0.05) is 50.2 Å². The topological polar surface area (TPSA) is 17.4 Å². The Balaban J connectivity index is 1.82. The molecule has 1 aromatic heterocycles. The van der Waals surface area contributed by atoms with E-state index in [0.29, 0.717) is 6.61 Å². The van der Waals surface area contributed by atoms with Crippen LogP contribution in [0.3, 0.4) is 0 Å². The van der Waals surface area contributed by atoms with Crippen molar-refractivity contribution in [2.24, 2.45) is 0 Å². The van der Waals surface area contributed by atoms with Gasteiger partial charge in [0, 0.05) is 24.0 Å². The fraction of sp³-hybridized carbons (Fsp3) is 0.304. The lowest BCUT2D eigenvalue weighted by Gasteiger charge is -2.18. The van der Waals surface area contributed by atoms with Crippen LogP contribution in [0.2, 0.25) is 0 Å². The van der Waals surface area contributed by atoms with Crippen molar-refractivity contribution in [3.63, 3.8) is 0 Å². The maximum absolute atomic E-state index is 6.01. The molecule has 0 atom stereocenters. The van der Waals surface area contributed by atoms with Gasteiger partial charge in [-0.05, 0) is 49.8 Å². The van der Waals surface area contributed by atoms with E-state index in [-0.39, 0.29) is 0 Å². The van der Waals surface area contributed by atoms with Gasteiger partial charge in [-0.15, -0.1) is 0 Å². The Labute approximate surface area is 156 Å². The molecule has 0 radical (unpaired) electrons. The lowest BCUT2D eigenvalue weighted by atomic mass is 10.1. The quantitative estimate of drug-likeness (QED) is 0.558. The third-order valence-corrected chi connectivity index (χ3v) is 4.79. The van der Waals surface area contributed by atoms with Crippen LogP contribution in [0.5, 0.6) is 5.75 Å². The van der Waals surface area contributed by atoms with Gasteiger partial charge < -0.3 is 14.2 Å². The summed E-state index contributed by atoms with van der Waals surface area (Å²) in [5.41, 5.74) is 4.76. The standard InChI is InChI=1S/C23H28N2O/c1-4-24(5-2)16-17-26-22-13-9-12-21(18-22)25-19(3)14-15-23(25)20-10-7-6-8-11-20/h6-15,18H,4-5,16-17H2,1-3H3. The summed E-state index contributed by atoms with van der Waals surface area (Å²) in [6.45, 7) is 10.3. The molecule has 3 heteroatoms. The average Bonchev–Trinajstić information content (AvgIpc) is 3.08. The van der Waals surface area contributed by atoms with Gasteiger partial charge in [0.2, 0.25) is 0 Å². The highest BCUT2D eigenvalue weighted by Gasteiger charge is 2.10. The number of hydrogen-bond donors (Lipinski definition) is 0. The van der Waals surface area contributed by atoms with E-state index >= 15 is 0 Å². The predicted molar refractivity (Wildman–Crippen MR) is 109 cm³/mol. The lowest BCUT2D eigenvalue weighted by molar-refractivity contribution is 0.223. The number of aryl methyl sites for hydroxylation is 1. The normalized spacial score (nSPS) is 11.1. The summed E-state index contributed by atoms with van der Waals surface area (Å²) in [4.78, 5) is 2.37. The number of benzene rings is 2. The van der Waals surface area contributed by atoms with Gasteiger partial charge >= 0.3 is 0 Å². The Morgan fingerprint density at radius 2 is 1.65 bits per heavy atom. The van der Waals surface area contributed by atoms with Gasteiger partial charge in [0.15, 0.2) is 0 Å². The first-order valence-corrected chi connectivity index (χ1v) is 9.42. The summed E-state index contributed by atoms with van der Waals surface area (Å²) in [6, 6.07) is 23.2. The highest BCUT2D eigenvalue weighted by molar-refractivity contribution is 5.64. The first-order chi connectivity index (χ1) is 12.7. The van der Waals surface area contributed by atoms with E-state index in [9.17, 15) is 0 Å². The van der Waals surface area contributed by atoms with Crippen LogP contribution in [0.1, 0.15) is 19.5 Å². The van der Waals surface area contributed by atoms with Crippen molar-refractivity contribution < 1.29 is 4.74 Å². The molecule has 3 aromatic rings. The molecule has 0 aliphatic heterocycles. The number of aromatic nitrogens is 1. The largest absolute Gasteiger partial charge is 0.492 e. The molecule has 3 nitrogen and oxygen atoms in total. The van der Waals surface area contributed by atoms with E-state index in [1.165, 1.54) is 17.0 Å². The van der Waals surface area contributed by atoms with Crippen LogP contribution < -0.4 is 4.74 Å². The summed E-state index contributed by atoms with van der Waals surface area (Å²) in [5, 5.41) is 0. The van der Waals surface area contributed by atoms with Gasteiger partial charge in [0.1, 0.15) is 12.4 Å². The molecule has 0 saturated heterocycles. The number of ether oxygens (including phenoxy) is 1. The molecular weight excluding hydrogens is 320 g/mol. The van der Waals surface area contributed by atoms with E-state index < -0.39 is 0 Å². The van der Waals surface area contributed by atoms with Gasteiger partial charge in [0.05, 0.1) is 5.69 Å². The van der Waals surface area contributed by atoms with Crippen LogP contribution in [-0.4, -0.2) is 35.7 Å². The molecule has 0 unspecified atom stereocenters. The minimum absolute atomic E-state index is 0.710. The zero-order valence-corrected chi connectivity index (χ0v) is 16.0. The second-order valence-corrected chi connectivity index (χ2v) is 6.43. The van der Waals surface area contributed by atoms with Crippen molar-refractivity contribution in [3.05, 3.63) is 72.4 Å². The monoisotopic (exact) mass is 348 g/mol. The van der Waals surface area contributed by atoms with Crippen LogP contribution in [0.25, 0.3) is 16.9 Å². The van der Waals surface area contributed by atoms with E-state index in [2.05, 4.69) is 84.8 Å². The van der Waals surface area contributed by atoms with Crippen LogP contribution in [0.15, 0.2) is 66.7 Å². The first kappa shape index (κ1) is 18.3. The van der Waals surface area contributed by atoms with Crippen LogP contribution in [0.4, 0.5) is 0 Å². The molecule has 3 rings (SSSR count). The lowest BCUT2D eigenvalue weighted by Crippen LogP contribution is -2.27.